The molecule has 0 radical (unpaired) electrons. The highest BCUT2D eigenvalue weighted by atomic mass is 79.9. The van der Waals surface area contributed by atoms with Gasteiger partial charge in [-0.25, -0.2) is 0 Å². The molecule has 2 heteroatoms. The van der Waals surface area contributed by atoms with Crippen LogP contribution in [0.25, 0.3) is 10.9 Å². The molecule has 0 spiro atoms. The van der Waals surface area contributed by atoms with Crippen LogP contribution in [-0.2, 0) is 6.54 Å². The average molecular weight is 236 g/mol. The summed E-state index contributed by atoms with van der Waals surface area (Å²) in [7, 11) is 0. The van der Waals surface area contributed by atoms with Crippen LogP contribution in [0.2, 0.25) is 0 Å². The van der Waals surface area contributed by atoms with E-state index < -0.39 is 0 Å². The predicted molar refractivity (Wildman–Crippen MR) is 59.8 cm³/mol. The number of allylic oxidation sites excluding steroid dienone is 1. The summed E-state index contributed by atoms with van der Waals surface area (Å²) in [5.74, 6) is 0. The summed E-state index contributed by atoms with van der Waals surface area (Å²) in [6, 6.07) is 8.32. The van der Waals surface area contributed by atoms with Crippen LogP contribution in [-0.4, -0.2) is 4.57 Å². The van der Waals surface area contributed by atoms with Gasteiger partial charge in [-0.3, -0.25) is 0 Å². The third-order valence-corrected chi connectivity index (χ3v) is 2.70. The standard InChI is InChI=1S/C11H10BrN/c1-2-7-13-8-10(12)9-5-3-4-6-11(9)13/h2-6,8H,1,7H2. The number of nitrogens with zero attached hydrogens (tertiary/aromatic N) is 1. The van der Waals surface area contributed by atoms with Gasteiger partial charge in [0.1, 0.15) is 0 Å². The second-order valence-corrected chi connectivity index (χ2v) is 3.79. The number of halogens is 1. The van der Waals surface area contributed by atoms with E-state index in [-0.39, 0.29) is 0 Å². The second-order valence-electron chi connectivity index (χ2n) is 2.94. The van der Waals surface area contributed by atoms with Gasteiger partial charge in [0.05, 0.1) is 0 Å². The van der Waals surface area contributed by atoms with E-state index in [2.05, 4.69) is 45.4 Å². The van der Waals surface area contributed by atoms with Gasteiger partial charge in [-0.2, -0.15) is 0 Å². The van der Waals surface area contributed by atoms with Crippen LogP contribution in [0.4, 0.5) is 0 Å². The van der Waals surface area contributed by atoms with Gasteiger partial charge in [-0.15, -0.1) is 6.58 Å². The first-order chi connectivity index (χ1) is 6.33. The van der Waals surface area contributed by atoms with Crippen molar-refractivity contribution in [2.45, 2.75) is 6.54 Å². The molecule has 0 saturated heterocycles. The summed E-state index contributed by atoms with van der Waals surface area (Å²) in [6.07, 6.45) is 3.99. The van der Waals surface area contributed by atoms with E-state index in [9.17, 15) is 0 Å². The van der Waals surface area contributed by atoms with E-state index in [4.69, 9.17) is 0 Å². The molecule has 0 aliphatic heterocycles. The molecule has 1 aromatic carbocycles. The Morgan fingerprint density at radius 2 is 2.15 bits per heavy atom. The summed E-state index contributed by atoms with van der Waals surface area (Å²) in [5.41, 5.74) is 1.24. The van der Waals surface area contributed by atoms with E-state index in [1.807, 2.05) is 18.2 Å². The minimum absolute atomic E-state index is 0.853. The van der Waals surface area contributed by atoms with Gasteiger partial charge in [0, 0.05) is 28.1 Å². The minimum atomic E-state index is 0.853. The lowest BCUT2D eigenvalue weighted by Gasteiger charge is -1.98. The van der Waals surface area contributed by atoms with Crippen LogP contribution in [0.15, 0.2) is 47.6 Å². The Hall–Kier alpha value is -1.02. The van der Waals surface area contributed by atoms with E-state index in [1.54, 1.807) is 0 Å². The third kappa shape index (κ3) is 1.42. The van der Waals surface area contributed by atoms with Gasteiger partial charge in [-0.1, -0.05) is 24.3 Å². The van der Waals surface area contributed by atoms with E-state index >= 15 is 0 Å². The molecule has 1 heterocycles. The van der Waals surface area contributed by atoms with Crippen molar-refractivity contribution < 1.29 is 0 Å². The van der Waals surface area contributed by atoms with Crippen molar-refractivity contribution in [3.63, 3.8) is 0 Å². The van der Waals surface area contributed by atoms with Crippen LogP contribution in [0.3, 0.4) is 0 Å². The molecule has 0 unspecified atom stereocenters. The van der Waals surface area contributed by atoms with E-state index in [0.717, 1.165) is 11.0 Å². The highest BCUT2D eigenvalue weighted by molar-refractivity contribution is 9.10. The number of benzene rings is 1. The summed E-state index contributed by atoms with van der Waals surface area (Å²) >= 11 is 3.53. The van der Waals surface area contributed by atoms with Crippen LogP contribution >= 0.6 is 15.9 Å². The van der Waals surface area contributed by atoms with Crippen molar-refractivity contribution in [1.29, 1.82) is 0 Å². The molecule has 0 fully saturated rings. The number of rotatable bonds is 2. The zero-order chi connectivity index (χ0) is 9.26. The van der Waals surface area contributed by atoms with Crippen molar-refractivity contribution in [2.75, 3.05) is 0 Å². The summed E-state index contributed by atoms with van der Waals surface area (Å²) in [6.45, 7) is 4.59. The van der Waals surface area contributed by atoms with E-state index in [0.29, 0.717) is 0 Å². The molecule has 0 atom stereocenters. The number of fused-ring (bicyclic) bond motifs is 1. The van der Waals surface area contributed by atoms with Crippen LogP contribution < -0.4 is 0 Å². The van der Waals surface area contributed by atoms with Gasteiger partial charge in [-0.05, 0) is 22.0 Å². The Morgan fingerprint density at radius 1 is 1.38 bits per heavy atom. The molecular weight excluding hydrogens is 226 g/mol. The first-order valence-electron chi connectivity index (χ1n) is 4.17. The fraction of sp³-hybridized carbons (Fsp3) is 0.0909. The average Bonchev–Trinajstić information content (AvgIpc) is 2.46. The second kappa shape index (κ2) is 3.38. The first-order valence-corrected chi connectivity index (χ1v) is 4.96. The van der Waals surface area contributed by atoms with Gasteiger partial charge >= 0.3 is 0 Å². The summed E-state index contributed by atoms with van der Waals surface area (Å²) in [4.78, 5) is 0. The molecule has 0 aliphatic carbocycles. The normalized spacial score (nSPS) is 10.5. The van der Waals surface area contributed by atoms with Crippen LogP contribution in [0, 0.1) is 0 Å². The van der Waals surface area contributed by atoms with Gasteiger partial charge in [0.15, 0.2) is 0 Å². The van der Waals surface area contributed by atoms with Crippen molar-refractivity contribution in [2.24, 2.45) is 0 Å². The molecule has 0 amide bonds. The molecule has 0 N–H and O–H groups in total. The Labute approximate surface area is 85.8 Å². The topological polar surface area (TPSA) is 4.93 Å². The number of hydrogen-bond donors (Lipinski definition) is 0. The van der Waals surface area contributed by atoms with Crippen LogP contribution in [0.1, 0.15) is 0 Å². The fourth-order valence-corrected chi connectivity index (χ4v) is 2.07. The van der Waals surface area contributed by atoms with Crippen molar-refractivity contribution >= 4 is 26.8 Å². The number of aromatic nitrogens is 1. The summed E-state index contributed by atoms with van der Waals surface area (Å²) < 4.78 is 3.32. The van der Waals surface area contributed by atoms with Crippen molar-refractivity contribution in [3.8, 4) is 0 Å². The maximum Gasteiger partial charge on any atom is 0.0495 e. The van der Waals surface area contributed by atoms with Gasteiger partial charge in [0.25, 0.3) is 0 Å². The fourth-order valence-electron chi connectivity index (χ4n) is 1.49. The maximum absolute atomic E-state index is 3.74. The quantitative estimate of drug-likeness (QED) is 0.702. The molecule has 13 heavy (non-hydrogen) atoms. The molecule has 66 valence electrons. The smallest absolute Gasteiger partial charge is 0.0495 e. The predicted octanol–water partition coefficient (Wildman–Crippen LogP) is 3.59. The number of para-hydroxylation sites is 1. The first kappa shape index (κ1) is 8.57. The molecule has 0 saturated carbocycles. The molecular formula is C11H10BrN. The van der Waals surface area contributed by atoms with Crippen molar-refractivity contribution in [1.82, 2.24) is 4.57 Å². The SMILES string of the molecule is C=CCn1cc(Br)c2ccccc21. The maximum atomic E-state index is 3.74. The molecule has 0 bridgehead atoms. The lowest BCUT2D eigenvalue weighted by molar-refractivity contribution is 0.864. The van der Waals surface area contributed by atoms with E-state index in [1.165, 1.54) is 10.9 Å². The van der Waals surface area contributed by atoms with Crippen molar-refractivity contribution in [3.05, 3.63) is 47.6 Å². The minimum Gasteiger partial charge on any atom is -0.343 e. The molecule has 1 aromatic heterocycles. The Morgan fingerprint density at radius 3 is 2.92 bits per heavy atom. The molecule has 2 aromatic rings. The third-order valence-electron chi connectivity index (χ3n) is 2.07. The molecule has 1 nitrogen and oxygen atoms in total. The number of hydrogen-bond acceptors (Lipinski definition) is 0. The Bertz CT molecular complexity index is 442. The lowest BCUT2D eigenvalue weighted by atomic mass is 10.2. The largest absolute Gasteiger partial charge is 0.343 e. The van der Waals surface area contributed by atoms with Gasteiger partial charge in [0.2, 0.25) is 0 Å². The Kier molecular flexibility index (Phi) is 2.23. The van der Waals surface area contributed by atoms with Gasteiger partial charge < -0.3 is 4.57 Å². The van der Waals surface area contributed by atoms with Crippen LogP contribution in [0.5, 0.6) is 0 Å². The monoisotopic (exact) mass is 235 g/mol. The highest BCUT2D eigenvalue weighted by Gasteiger charge is 2.03. The molecule has 0 aliphatic rings. The zero-order valence-electron chi connectivity index (χ0n) is 7.20. The lowest BCUT2D eigenvalue weighted by Crippen LogP contribution is -1.90. The zero-order valence-corrected chi connectivity index (χ0v) is 8.79. The highest BCUT2D eigenvalue weighted by Crippen LogP contribution is 2.25. The Balaban J connectivity index is 2.70. The summed E-state index contributed by atoms with van der Waals surface area (Å²) in [5, 5.41) is 1.25. The molecule has 2 rings (SSSR count).